The Morgan fingerprint density at radius 2 is 1.45 bits per heavy atom. The molecule has 10 heteroatoms. The lowest BCUT2D eigenvalue weighted by Gasteiger charge is -2.35. The first-order valence-corrected chi connectivity index (χ1v) is 13.9. The predicted molar refractivity (Wildman–Crippen MR) is 126 cm³/mol. The van der Waals surface area contributed by atoms with Crippen molar-refractivity contribution >= 4 is 37.0 Å². The topological polar surface area (TPSA) is 87.1 Å². The Kier molecular flexibility index (Phi) is 7.14. The molecule has 1 saturated heterocycles. The first-order chi connectivity index (χ1) is 14.5. The number of benzene rings is 2. The molecule has 0 amide bonds. The quantitative estimate of drug-likeness (QED) is 0.493. The second-order valence-electron chi connectivity index (χ2n) is 7.53. The summed E-state index contributed by atoms with van der Waals surface area (Å²) in [6.45, 7) is 6.81. The number of hydrogen-bond acceptors (Lipinski definition) is 5. The lowest BCUT2D eigenvalue weighted by atomic mass is 10.2. The Labute approximate surface area is 189 Å². The fourth-order valence-electron chi connectivity index (χ4n) is 3.33. The summed E-state index contributed by atoms with van der Waals surface area (Å²) in [5.41, 5.74) is 2.57. The molecule has 2 aromatic rings. The van der Waals surface area contributed by atoms with E-state index in [1.54, 1.807) is 43.5 Å². The summed E-state index contributed by atoms with van der Waals surface area (Å²) >= 11 is 1.24. The van der Waals surface area contributed by atoms with Crippen LogP contribution in [0, 0.1) is 20.8 Å². The SMILES string of the molecule is CSC(=NS(=O)(=O)c1ccc(C)cc1)N1CCN(S(=O)(=O)c2cc(C)ccc2C)CC1. The van der Waals surface area contributed by atoms with Crippen LogP contribution in [-0.4, -0.2) is 63.6 Å². The third-order valence-electron chi connectivity index (χ3n) is 5.17. The van der Waals surface area contributed by atoms with Gasteiger partial charge in [0.15, 0.2) is 5.17 Å². The Morgan fingerprint density at radius 3 is 2.03 bits per heavy atom. The van der Waals surface area contributed by atoms with E-state index in [2.05, 4.69) is 4.40 Å². The maximum atomic E-state index is 13.1. The van der Waals surface area contributed by atoms with Crippen LogP contribution in [0.5, 0.6) is 0 Å². The van der Waals surface area contributed by atoms with Crippen LogP contribution in [0.3, 0.4) is 0 Å². The molecule has 0 N–H and O–H groups in total. The van der Waals surface area contributed by atoms with E-state index in [9.17, 15) is 16.8 Å². The Balaban J connectivity index is 1.78. The maximum Gasteiger partial charge on any atom is 0.284 e. The van der Waals surface area contributed by atoms with Crippen molar-refractivity contribution in [3.8, 4) is 0 Å². The van der Waals surface area contributed by atoms with Gasteiger partial charge in [-0.2, -0.15) is 12.7 Å². The van der Waals surface area contributed by atoms with E-state index in [1.807, 2.05) is 30.9 Å². The average Bonchev–Trinajstić information content (AvgIpc) is 2.74. The standard InChI is InChI=1S/C21H27N3O4S3/c1-16-6-9-19(10-7-16)30(25,26)22-21(29-4)23-11-13-24(14-12-23)31(27,28)20-15-17(2)5-8-18(20)3/h5-10,15H,11-14H2,1-4H3. The highest BCUT2D eigenvalue weighted by Gasteiger charge is 2.31. The van der Waals surface area contributed by atoms with E-state index >= 15 is 0 Å². The van der Waals surface area contributed by atoms with Crippen LogP contribution < -0.4 is 0 Å². The van der Waals surface area contributed by atoms with Crippen molar-refractivity contribution in [2.24, 2.45) is 4.40 Å². The summed E-state index contributed by atoms with van der Waals surface area (Å²) in [6.07, 6.45) is 1.77. The van der Waals surface area contributed by atoms with E-state index in [0.29, 0.717) is 28.7 Å². The number of hydrogen-bond donors (Lipinski definition) is 0. The van der Waals surface area contributed by atoms with Gasteiger partial charge in [0.05, 0.1) is 9.79 Å². The molecule has 7 nitrogen and oxygen atoms in total. The minimum Gasteiger partial charge on any atom is -0.348 e. The first kappa shape index (κ1) is 23.8. The molecule has 168 valence electrons. The van der Waals surface area contributed by atoms with Gasteiger partial charge in [0.25, 0.3) is 10.0 Å². The smallest absolute Gasteiger partial charge is 0.284 e. The average molecular weight is 482 g/mol. The lowest BCUT2D eigenvalue weighted by molar-refractivity contribution is 0.269. The van der Waals surface area contributed by atoms with E-state index in [1.165, 1.54) is 16.1 Å². The number of nitrogens with zero attached hydrogens (tertiary/aromatic N) is 3. The molecule has 1 heterocycles. The number of sulfonamides is 2. The Hall–Kier alpha value is -1.88. The van der Waals surface area contributed by atoms with Crippen LogP contribution in [0.15, 0.2) is 56.7 Å². The lowest BCUT2D eigenvalue weighted by Crippen LogP contribution is -2.50. The fraction of sp³-hybridized carbons (Fsp3) is 0.381. The van der Waals surface area contributed by atoms with Gasteiger partial charge >= 0.3 is 0 Å². The summed E-state index contributed by atoms with van der Waals surface area (Å²) in [5, 5.41) is 0.365. The van der Waals surface area contributed by atoms with Gasteiger partial charge in [-0.15, -0.1) is 4.40 Å². The van der Waals surface area contributed by atoms with Crippen LogP contribution in [0.25, 0.3) is 0 Å². The van der Waals surface area contributed by atoms with E-state index < -0.39 is 20.0 Å². The second kappa shape index (κ2) is 9.32. The van der Waals surface area contributed by atoms with Crippen molar-refractivity contribution in [1.82, 2.24) is 9.21 Å². The molecule has 0 unspecified atom stereocenters. The Bertz CT molecular complexity index is 1180. The van der Waals surface area contributed by atoms with Crippen LogP contribution >= 0.6 is 11.8 Å². The highest BCUT2D eigenvalue weighted by Crippen LogP contribution is 2.24. The van der Waals surface area contributed by atoms with Crippen LogP contribution in [0.4, 0.5) is 0 Å². The third kappa shape index (κ3) is 5.31. The molecule has 1 aliphatic heterocycles. The molecule has 1 aliphatic rings. The molecule has 0 atom stereocenters. The molecule has 0 radical (unpaired) electrons. The molecule has 31 heavy (non-hydrogen) atoms. The maximum absolute atomic E-state index is 13.1. The normalized spacial score (nSPS) is 16.5. The molecule has 0 saturated carbocycles. The summed E-state index contributed by atoms with van der Waals surface area (Å²) in [4.78, 5) is 2.29. The monoisotopic (exact) mass is 481 g/mol. The fourth-order valence-corrected chi connectivity index (χ4v) is 7.01. The van der Waals surface area contributed by atoms with Gasteiger partial charge in [-0.25, -0.2) is 8.42 Å². The summed E-state index contributed by atoms with van der Waals surface area (Å²) in [6, 6.07) is 12.0. The number of rotatable bonds is 4. The first-order valence-electron chi connectivity index (χ1n) is 9.82. The van der Waals surface area contributed by atoms with Crippen molar-refractivity contribution in [2.75, 3.05) is 32.4 Å². The van der Waals surface area contributed by atoms with E-state index in [-0.39, 0.29) is 18.0 Å². The molecule has 2 aromatic carbocycles. The largest absolute Gasteiger partial charge is 0.348 e. The zero-order valence-corrected chi connectivity index (χ0v) is 20.5. The van der Waals surface area contributed by atoms with E-state index in [4.69, 9.17) is 0 Å². The van der Waals surface area contributed by atoms with Gasteiger partial charge in [0.1, 0.15) is 0 Å². The summed E-state index contributed by atoms with van der Waals surface area (Å²) < 4.78 is 57.1. The van der Waals surface area contributed by atoms with Gasteiger partial charge in [0.2, 0.25) is 10.0 Å². The highest BCUT2D eigenvalue weighted by atomic mass is 32.2. The van der Waals surface area contributed by atoms with Gasteiger partial charge in [-0.05, 0) is 56.4 Å². The third-order valence-corrected chi connectivity index (χ3v) is 9.32. The Morgan fingerprint density at radius 1 is 0.871 bits per heavy atom. The van der Waals surface area contributed by atoms with Gasteiger partial charge in [-0.1, -0.05) is 41.6 Å². The van der Waals surface area contributed by atoms with Crippen LogP contribution in [0.2, 0.25) is 0 Å². The predicted octanol–water partition coefficient (Wildman–Crippen LogP) is 3.03. The van der Waals surface area contributed by atoms with Crippen molar-refractivity contribution in [1.29, 1.82) is 0 Å². The molecular weight excluding hydrogens is 454 g/mol. The molecule has 3 rings (SSSR count). The zero-order chi connectivity index (χ0) is 22.8. The van der Waals surface area contributed by atoms with Gasteiger partial charge in [-0.3, -0.25) is 0 Å². The molecule has 0 aromatic heterocycles. The molecular formula is C21H27N3O4S3. The van der Waals surface area contributed by atoms with Crippen LogP contribution in [0.1, 0.15) is 16.7 Å². The number of amidine groups is 1. The van der Waals surface area contributed by atoms with Crippen molar-refractivity contribution < 1.29 is 16.8 Å². The second-order valence-corrected chi connectivity index (χ2v) is 11.8. The molecule has 0 spiro atoms. The van der Waals surface area contributed by atoms with Crippen molar-refractivity contribution in [2.45, 2.75) is 30.6 Å². The van der Waals surface area contributed by atoms with E-state index in [0.717, 1.165) is 11.1 Å². The van der Waals surface area contributed by atoms with Crippen molar-refractivity contribution in [3.63, 3.8) is 0 Å². The minimum atomic E-state index is -3.84. The van der Waals surface area contributed by atoms with Crippen molar-refractivity contribution in [3.05, 3.63) is 59.2 Å². The van der Waals surface area contributed by atoms with Gasteiger partial charge < -0.3 is 4.90 Å². The molecule has 0 bridgehead atoms. The number of aryl methyl sites for hydroxylation is 3. The number of thioether (sulfide) groups is 1. The molecule has 0 aliphatic carbocycles. The highest BCUT2D eigenvalue weighted by molar-refractivity contribution is 8.13. The zero-order valence-electron chi connectivity index (χ0n) is 18.1. The minimum absolute atomic E-state index is 0.140. The van der Waals surface area contributed by atoms with Gasteiger partial charge in [0, 0.05) is 26.2 Å². The summed E-state index contributed by atoms with van der Waals surface area (Å²) in [7, 11) is -7.45. The van der Waals surface area contributed by atoms with Crippen LogP contribution in [-0.2, 0) is 20.0 Å². The summed E-state index contributed by atoms with van der Waals surface area (Å²) in [5.74, 6) is 0. The molecule has 1 fully saturated rings. The number of piperazine rings is 1.